The lowest BCUT2D eigenvalue weighted by Gasteiger charge is -2.01. The van der Waals surface area contributed by atoms with Crippen LogP contribution in [-0.2, 0) is 9.53 Å². The minimum absolute atomic E-state index is 0.188. The Balaban J connectivity index is 2.71. The van der Waals surface area contributed by atoms with Crippen molar-refractivity contribution >= 4 is 52.1 Å². The Kier molecular flexibility index (Phi) is 4.55. The van der Waals surface area contributed by atoms with Gasteiger partial charge in [0.2, 0.25) is 5.91 Å². The number of amides is 1. The van der Waals surface area contributed by atoms with E-state index in [9.17, 15) is 9.59 Å². The number of halogens is 2. The molecule has 7 heteroatoms. The molecule has 0 atom stereocenters. The van der Waals surface area contributed by atoms with E-state index in [1.165, 1.54) is 6.08 Å². The van der Waals surface area contributed by atoms with Crippen LogP contribution in [0.15, 0.2) is 18.2 Å². The van der Waals surface area contributed by atoms with Crippen LogP contribution in [-0.4, -0.2) is 23.5 Å². The van der Waals surface area contributed by atoms with Crippen LogP contribution in [0.2, 0.25) is 10.0 Å². The zero-order chi connectivity index (χ0) is 15.6. The Morgan fingerprint density at radius 1 is 1.38 bits per heavy atom. The number of aromatic nitrogens is 1. The fraction of sp³-hybridized carbons (Fsp3) is 0.143. The number of hydrogen-bond acceptors (Lipinski definition) is 3. The second-order valence-electron chi connectivity index (χ2n) is 4.18. The van der Waals surface area contributed by atoms with Crippen LogP contribution in [0.25, 0.3) is 17.0 Å². The van der Waals surface area contributed by atoms with E-state index < -0.39 is 11.9 Å². The molecule has 0 bridgehead atoms. The van der Waals surface area contributed by atoms with E-state index in [2.05, 4.69) is 4.98 Å². The summed E-state index contributed by atoms with van der Waals surface area (Å²) in [5, 5.41) is 1.35. The number of H-pyrrole nitrogens is 1. The normalized spacial score (nSPS) is 11.2. The van der Waals surface area contributed by atoms with E-state index in [4.69, 9.17) is 33.7 Å². The van der Waals surface area contributed by atoms with Crippen molar-refractivity contribution in [2.45, 2.75) is 6.92 Å². The van der Waals surface area contributed by atoms with Gasteiger partial charge in [0, 0.05) is 27.6 Å². The highest BCUT2D eigenvalue weighted by Crippen LogP contribution is 2.33. The standard InChI is InChI=1S/C14H12Cl2N2O3/c1-2-21-14(20)13-8(3-4-11(17)19)12-9(16)5-7(15)6-10(12)18-13/h3-6,18H,2H2,1H3,(H2,17,19)/b4-3+. The largest absolute Gasteiger partial charge is 0.461 e. The molecule has 1 aromatic heterocycles. The van der Waals surface area contributed by atoms with Gasteiger partial charge in [0.25, 0.3) is 0 Å². The quantitative estimate of drug-likeness (QED) is 0.668. The van der Waals surface area contributed by atoms with Crippen LogP contribution < -0.4 is 5.73 Å². The average Bonchev–Trinajstić information content (AvgIpc) is 2.75. The number of carbonyl (C=O) groups excluding carboxylic acids is 2. The van der Waals surface area contributed by atoms with Gasteiger partial charge in [-0.3, -0.25) is 4.79 Å². The van der Waals surface area contributed by atoms with E-state index in [1.807, 2.05) is 0 Å². The Morgan fingerprint density at radius 3 is 2.71 bits per heavy atom. The number of nitrogens with one attached hydrogen (secondary N) is 1. The monoisotopic (exact) mass is 326 g/mol. The predicted octanol–water partition coefficient (Wildman–Crippen LogP) is 3.15. The number of aromatic amines is 1. The summed E-state index contributed by atoms with van der Waals surface area (Å²) in [5.74, 6) is -1.19. The number of carbonyl (C=O) groups is 2. The first-order chi connectivity index (χ1) is 9.93. The number of esters is 1. The maximum absolute atomic E-state index is 12.0. The van der Waals surface area contributed by atoms with Crippen molar-refractivity contribution < 1.29 is 14.3 Å². The van der Waals surface area contributed by atoms with E-state index in [1.54, 1.807) is 19.1 Å². The van der Waals surface area contributed by atoms with Gasteiger partial charge < -0.3 is 15.5 Å². The zero-order valence-electron chi connectivity index (χ0n) is 11.1. The molecule has 110 valence electrons. The summed E-state index contributed by atoms with van der Waals surface area (Å²) in [6, 6.07) is 3.18. The summed E-state index contributed by atoms with van der Waals surface area (Å²) in [6.07, 6.45) is 2.57. The lowest BCUT2D eigenvalue weighted by Crippen LogP contribution is -2.08. The molecule has 0 spiro atoms. The number of rotatable bonds is 4. The number of ether oxygens (including phenoxy) is 1. The van der Waals surface area contributed by atoms with E-state index >= 15 is 0 Å². The van der Waals surface area contributed by atoms with Crippen LogP contribution in [0.3, 0.4) is 0 Å². The van der Waals surface area contributed by atoms with Crippen molar-refractivity contribution in [3.63, 3.8) is 0 Å². The summed E-state index contributed by atoms with van der Waals surface area (Å²) >= 11 is 12.1. The van der Waals surface area contributed by atoms with E-state index in [0.717, 1.165) is 6.08 Å². The van der Waals surface area contributed by atoms with E-state index in [0.29, 0.717) is 26.5 Å². The topological polar surface area (TPSA) is 85.2 Å². The van der Waals surface area contributed by atoms with E-state index in [-0.39, 0.29) is 12.3 Å². The molecule has 21 heavy (non-hydrogen) atoms. The number of benzene rings is 1. The van der Waals surface area contributed by atoms with Crippen LogP contribution in [0.5, 0.6) is 0 Å². The molecule has 0 saturated carbocycles. The molecule has 2 rings (SSSR count). The highest BCUT2D eigenvalue weighted by molar-refractivity contribution is 6.39. The second kappa shape index (κ2) is 6.20. The minimum Gasteiger partial charge on any atom is -0.461 e. The van der Waals surface area contributed by atoms with Crippen molar-refractivity contribution in [3.05, 3.63) is 39.5 Å². The molecule has 5 nitrogen and oxygen atoms in total. The molecule has 0 radical (unpaired) electrons. The lowest BCUT2D eigenvalue weighted by atomic mass is 10.1. The number of fused-ring (bicyclic) bond motifs is 1. The molecule has 1 aromatic carbocycles. The Morgan fingerprint density at radius 2 is 2.10 bits per heavy atom. The van der Waals surface area contributed by atoms with Crippen molar-refractivity contribution in [3.8, 4) is 0 Å². The van der Waals surface area contributed by atoms with Crippen LogP contribution >= 0.6 is 23.2 Å². The molecule has 0 aliphatic heterocycles. The third kappa shape index (κ3) is 3.20. The fourth-order valence-electron chi connectivity index (χ4n) is 1.97. The lowest BCUT2D eigenvalue weighted by molar-refractivity contribution is -0.113. The van der Waals surface area contributed by atoms with Crippen LogP contribution in [0.4, 0.5) is 0 Å². The highest BCUT2D eigenvalue weighted by Gasteiger charge is 2.19. The highest BCUT2D eigenvalue weighted by atomic mass is 35.5. The SMILES string of the molecule is CCOC(=O)c1[nH]c2cc(Cl)cc(Cl)c2c1/C=C/C(N)=O. The average molecular weight is 327 g/mol. The minimum atomic E-state index is -0.635. The van der Waals surface area contributed by atoms with Gasteiger partial charge in [-0.05, 0) is 25.1 Å². The number of primary amides is 1. The Bertz CT molecular complexity index is 750. The maximum Gasteiger partial charge on any atom is 0.355 e. The molecule has 2 aromatic rings. The maximum atomic E-state index is 12.0. The van der Waals surface area contributed by atoms with Gasteiger partial charge in [0.1, 0.15) is 5.69 Å². The smallest absolute Gasteiger partial charge is 0.355 e. The molecule has 0 aliphatic rings. The fourth-order valence-corrected chi connectivity index (χ4v) is 2.56. The molecular formula is C14H12Cl2N2O3. The molecule has 0 saturated heterocycles. The molecule has 3 N–H and O–H groups in total. The molecule has 0 fully saturated rings. The molecule has 1 heterocycles. The van der Waals surface area contributed by atoms with Crippen LogP contribution in [0, 0.1) is 0 Å². The first kappa shape index (κ1) is 15.4. The summed E-state index contributed by atoms with van der Waals surface area (Å²) < 4.78 is 4.98. The summed E-state index contributed by atoms with van der Waals surface area (Å²) in [6.45, 7) is 1.92. The van der Waals surface area contributed by atoms with Crippen molar-refractivity contribution in [2.75, 3.05) is 6.61 Å². The van der Waals surface area contributed by atoms with Gasteiger partial charge >= 0.3 is 5.97 Å². The first-order valence-corrected chi connectivity index (χ1v) is 6.85. The van der Waals surface area contributed by atoms with Crippen molar-refractivity contribution in [1.29, 1.82) is 0 Å². The molecule has 1 amide bonds. The van der Waals surface area contributed by atoms with Crippen molar-refractivity contribution in [1.82, 2.24) is 4.98 Å². The number of nitrogens with two attached hydrogens (primary N) is 1. The summed E-state index contributed by atoms with van der Waals surface area (Å²) in [4.78, 5) is 25.8. The molecule has 0 unspecified atom stereocenters. The van der Waals surface area contributed by atoms with Gasteiger partial charge in [-0.25, -0.2) is 4.79 Å². The van der Waals surface area contributed by atoms with Gasteiger partial charge in [0.05, 0.1) is 11.6 Å². The Hall–Kier alpha value is -1.98. The summed E-state index contributed by atoms with van der Waals surface area (Å²) in [5.41, 5.74) is 6.29. The third-order valence-corrected chi connectivity index (χ3v) is 3.26. The second-order valence-corrected chi connectivity index (χ2v) is 5.02. The van der Waals surface area contributed by atoms with Crippen molar-refractivity contribution in [2.24, 2.45) is 5.73 Å². The van der Waals surface area contributed by atoms with Crippen LogP contribution in [0.1, 0.15) is 23.0 Å². The van der Waals surface area contributed by atoms with Gasteiger partial charge in [-0.2, -0.15) is 0 Å². The van der Waals surface area contributed by atoms with Gasteiger partial charge in [-0.1, -0.05) is 23.2 Å². The predicted molar refractivity (Wildman–Crippen MR) is 82.5 cm³/mol. The summed E-state index contributed by atoms with van der Waals surface area (Å²) in [7, 11) is 0. The zero-order valence-corrected chi connectivity index (χ0v) is 12.6. The number of hydrogen-bond donors (Lipinski definition) is 2. The first-order valence-electron chi connectivity index (χ1n) is 6.09. The van der Waals surface area contributed by atoms with Gasteiger partial charge in [-0.15, -0.1) is 0 Å². The molecule has 0 aliphatic carbocycles. The van der Waals surface area contributed by atoms with Gasteiger partial charge in [0.15, 0.2) is 0 Å². The molecular weight excluding hydrogens is 315 g/mol. The Labute approximate surface area is 130 Å². The third-order valence-electron chi connectivity index (χ3n) is 2.75.